The Kier molecular flexibility index (Phi) is 5.40. The van der Waals surface area contributed by atoms with Crippen molar-refractivity contribution in [1.29, 1.82) is 0 Å². The molecule has 156 valence electrons. The number of likely N-dealkylation sites (tertiary alicyclic amines) is 1. The van der Waals surface area contributed by atoms with E-state index in [9.17, 15) is 14.0 Å². The summed E-state index contributed by atoms with van der Waals surface area (Å²) in [6, 6.07) is 4.67. The van der Waals surface area contributed by atoms with Gasteiger partial charge in [0.2, 0.25) is 0 Å². The number of hydrogen-bond donors (Lipinski definition) is 2. The Morgan fingerprint density at radius 3 is 2.87 bits per heavy atom. The number of pyridine rings is 3. The van der Waals surface area contributed by atoms with Crippen LogP contribution in [0.1, 0.15) is 23.0 Å². The van der Waals surface area contributed by atoms with Crippen molar-refractivity contribution in [3.8, 4) is 5.75 Å². The number of aromatic nitrogens is 3. The van der Waals surface area contributed by atoms with E-state index in [2.05, 4.69) is 20.3 Å². The molecule has 0 aliphatic carbocycles. The predicted octanol–water partition coefficient (Wildman–Crippen LogP) is 2.12. The monoisotopic (exact) mass is 431 g/mol. The second-order valence-electron chi connectivity index (χ2n) is 7.09. The number of ether oxygens (including phenoxy) is 1. The Labute approximate surface area is 176 Å². The van der Waals surface area contributed by atoms with Crippen molar-refractivity contribution in [2.24, 2.45) is 0 Å². The fraction of sp³-hybridized carbons (Fsp3) is 0.300. The average molecular weight is 432 g/mol. The number of aromatic amines is 1. The minimum absolute atomic E-state index is 0.0305. The largest absolute Gasteiger partial charge is 0.486 e. The smallest absolute Gasteiger partial charge is 0.269 e. The Balaban J connectivity index is 1.42. The van der Waals surface area contributed by atoms with Gasteiger partial charge < -0.3 is 15.0 Å². The Bertz CT molecular complexity index is 1170. The number of nitrogens with zero attached hydrogens (tertiary/aromatic N) is 3. The molecule has 8 nitrogen and oxygen atoms in total. The van der Waals surface area contributed by atoms with Crippen molar-refractivity contribution in [2.75, 3.05) is 13.6 Å². The number of hydrogen-bond acceptors (Lipinski definition) is 6. The van der Waals surface area contributed by atoms with Crippen molar-refractivity contribution in [3.05, 3.63) is 63.0 Å². The van der Waals surface area contributed by atoms with Crippen LogP contribution in [-0.2, 0) is 6.54 Å². The first kappa shape index (κ1) is 20.2. The summed E-state index contributed by atoms with van der Waals surface area (Å²) in [4.78, 5) is 36.0. The number of carbonyl (C=O) groups is 1. The first-order chi connectivity index (χ1) is 14.4. The third-order valence-corrected chi connectivity index (χ3v) is 5.50. The Morgan fingerprint density at radius 2 is 2.20 bits per heavy atom. The number of halogens is 2. The summed E-state index contributed by atoms with van der Waals surface area (Å²) in [5.41, 5.74) is 0.481. The van der Waals surface area contributed by atoms with E-state index in [-0.39, 0.29) is 28.6 Å². The number of carbonyl (C=O) groups excluding carboxylic acids is 1. The van der Waals surface area contributed by atoms with Crippen LogP contribution in [0.3, 0.4) is 0 Å². The molecule has 0 spiro atoms. The fourth-order valence-electron chi connectivity index (χ4n) is 3.34. The second-order valence-corrected chi connectivity index (χ2v) is 7.50. The van der Waals surface area contributed by atoms with Crippen LogP contribution in [0, 0.1) is 5.82 Å². The van der Waals surface area contributed by atoms with Crippen molar-refractivity contribution in [3.63, 3.8) is 0 Å². The van der Waals surface area contributed by atoms with Gasteiger partial charge in [-0.1, -0.05) is 11.6 Å². The summed E-state index contributed by atoms with van der Waals surface area (Å²) in [5, 5.41) is 2.48. The molecule has 10 heteroatoms. The van der Waals surface area contributed by atoms with Crippen LogP contribution >= 0.6 is 11.6 Å². The topological polar surface area (TPSA) is 100 Å². The minimum Gasteiger partial charge on any atom is -0.486 e. The van der Waals surface area contributed by atoms with Gasteiger partial charge in [-0.2, -0.15) is 0 Å². The van der Waals surface area contributed by atoms with Crippen molar-refractivity contribution >= 4 is 28.5 Å². The van der Waals surface area contributed by atoms with Gasteiger partial charge in [0.25, 0.3) is 11.5 Å². The van der Waals surface area contributed by atoms with Gasteiger partial charge >= 0.3 is 0 Å². The quantitative estimate of drug-likeness (QED) is 0.642. The van der Waals surface area contributed by atoms with Crippen LogP contribution in [0.5, 0.6) is 5.75 Å². The summed E-state index contributed by atoms with van der Waals surface area (Å²) >= 11 is 5.78. The molecule has 1 aliphatic heterocycles. The van der Waals surface area contributed by atoms with E-state index in [1.54, 1.807) is 19.2 Å². The molecular weight excluding hydrogens is 413 g/mol. The number of fused-ring (bicyclic) bond motifs is 1. The van der Waals surface area contributed by atoms with E-state index in [1.165, 1.54) is 18.5 Å². The Hall–Kier alpha value is -3.04. The zero-order valence-electron chi connectivity index (χ0n) is 16.3. The lowest BCUT2D eigenvalue weighted by Gasteiger charge is -2.45. The molecule has 0 bridgehead atoms. The zero-order valence-corrected chi connectivity index (χ0v) is 17.0. The van der Waals surface area contributed by atoms with Gasteiger partial charge in [0, 0.05) is 37.9 Å². The first-order valence-electron chi connectivity index (χ1n) is 9.32. The molecule has 2 atom stereocenters. The fourth-order valence-corrected chi connectivity index (χ4v) is 3.49. The third kappa shape index (κ3) is 3.73. The van der Waals surface area contributed by atoms with Gasteiger partial charge in [-0.15, -0.1) is 0 Å². The van der Waals surface area contributed by atoms with Gasteiger partial charge in [0.05, 0.1) is 11.7 Å². The molecule has 0 aromatic carbocycles. The van der Waals surface area contributed by atoms with E-state index in [4.69, 9.17) is 16.3 Å². The van der Waals surface area contributed by atoms with E-state index >= 15 is 0 Å². The lowest BCUT2D eigenvalue weighted by atomic mass is 10.00. The minimum atomic E-state index is -0.552. The van der Waals surface area contributed by atoms with E-state index < -0.39 is 11.4 Å². The van der Waals surface area contributed by atoms with Gasteiger partial charge in [0.15, 0.2) is 5.82 Å². The van der Waals surface area contributed by atoms with E-state index in [0.717, 1.165) is 0 Å². The summed E-state index contributed by atoms with van der Waals surface area (Å²) in [7, 11) is 1.54. The molecule has 1 fully saturated rings. The SMILES string of the molecule is CNC(=O)c1ccc(O[C@H]2CN(Cc3cnc4cc(Cl)c(=O)[nH]c4c3F)[C@@H]2C)cn1. The highest BCUT2D eigenvalue weighted by Crippen LogP contribution is 2.27. The van der Waals surface area contributed by atoms with Crippen LogP contribution < -0.4 is 15.6 Å². The highest BCUT2D eigenvalue weighted by molar-refractivity contribution is 6.30. The molecule has 0 saturated carbocycles. The molecule has 0 radical (unpaired) electrons. The summed E-state index contributed by atoms with van der Waals surface area (Å²) in [6.07, 6.45) is 2.87. The van der Waals surface area contributed by atoms with Crippen LogP contribution in [-0.4, -0.2) is 51.5 Å². The highest BCUT2D eigenvalue weighted by atomic mass is 35.5. The van der Waals surface area contributed by atoms with Crippen LogP contribution in [0.15, 0.2) is 35.4 Å². The highest BCUT2D eigenvalue weighted by Gasteiger charge is 2.37. The molecule has 3 aromatic heterocycles. The lowest BCUT2D eigenvalue weighted by Crippen LogP contribution is -2.60. The molecule has 0 unspecified atom stereocenters. The van der Waals surface area contributed by atoms with Gasteiger partial charge in [-0.3, -0.25) is 19.5 Å². The maximum Gasteiger partial charge on any atom is 0.269 e. The molecule has 3 aromatic rings. The molecule has 4 rings (SSSR count). The van der Waals surface area contributed by atoms with Gasteiger partial charge in [-0.25, -0.2) is 9.37 Å². The zero-order chi connectivity index (χ0) is 21.4. The van der Waals surface area contributed by atoms with E-state index in [0.29, 0.717) is 35.6 Å². The average Bonchev–Trinajstić information content (AvgIpc) is 2.75. The third-order valence-electron chi connectivity index (χ3n) is 5.22. The van der Waals surface area contributed by atoms with Crippen LogP contribution in [0.2, 0.25) is 5.02 Å². The molecular formula is C20H19ClFN5O3. The summed E-state index contributed by atoms with van der Waals surface area (Å²) < 4.78 is 20.8. The Morgan fingerprint density at radius 1 is 1.40 bits per heavy atom. The molecule has 30 heavy (non-hydrogen) atoms. The number of nitrogens with one attached hydrogen (secondary N) is 2. The number of H-pyrrole nitrogens is 1. The van der Waals surface area contributed by atoms with Gasteiger partial charge in [-0.05, 0) is 25.1 Å². The van der Waals surface area contributed by atoms with Crippen LogP contribution in [0.4, 0.5) is 4.39 Å². The molecule has 4 heterocycles. The van der Waals surface area contributed by atoms with Crippen molar-refractivity contribution in [1.82, 2.24) is 25.2 Å². The normalized spacial score (nSPS) is 18.8. The second kappa shape index (κ2) is 8.00. The summed E-state index contributed by atoms with van der Waals surface area (Å²) in [5.74, 6) is -0.217. The standard InChI is InChI=1S/C20H19ClFN5O3/c1-10-16(30-12-3-4-14(25-7-12)20(29)23-2)9-27(10)8-11-6-24-15-5-13(21)19(28)26-18(15)17(11)22/h3-7,10,16H,8-9H2,1-2H3,(H,23,29)(H,26,28)/t10-,16+/m1/s1. The molecule has 1 aliphatic rings. The maximum atomic E-state index is 14.9. The van der Waals surface area contributed by atoms with E-state index in [1.807, 2.05) is 11.8 Å². The van der Waals surface area contributed by atoms with Gasteiger partial charge in [0.1, 0.15) is 28.1 Å². The maximum absolute atomic E-state index is 14.9. The number of rotatable bonds is 5. The summed E-state index contributed by atoms with van der Waals surface area (Å²) in [6.45, 7) is 2.90. The first-order valence-corrected chi connectivity index (χ1v) is 9.70. The van der Waals surface area contributed by atoms with Crippen molar-refractivity contribution < 1.29 is 13.9 Å². The van der Waals surface area contributed by atoms with Crippen molar-refractivity contribution in [2.45, 2.75) is 25.6 Å². The molecule has 1 saturated heterocycles. The van der Waals surface area contributed by atoms with Crippen LogP contribution in [0.25, 0.3) is 11.0 Å². The molecule has 2 N–H and O–H groups in total. The lowest BCUT2D eigenvalue weighted by molar-refractivity contribution is -0.0420. The molecule has 1 amide bonds. The predicted molar refractivity (Wildman–Crippen MR) is 109 cm³/mol. The number of amides is 1.